The Hall–Kier alpha value is -3.48. The summed E-state index contributed by atoms with van der Waals surface area (Å²) in [4.78, 5) is 45.8. The van der Waals surface area contributed by atoms with Crippen LogP contribution in [0.1, 0.15) is 54.3 Å². The number of aromatic nitrogens is 2. The molecular formula is C24H24N4O3. The van der Waals surface area contributed by atoms with E-state index in [1.165, 1.54) is 4.57 Å². The Labute approximate surface area is 179 Å². The Morgan fingerprint density at radius 2 is 1.74 bits per heavy atom. The van der Waals surface area contributed by atoms with E-state index in [4.69, 9.17) is 4.98 Å². The largest absolute Gasteiger partial charge is 0.343 e. The maximum absolute atomic E-state index is 13.4. The van der Waals surface area contributed by atoms with Crippen LogP contribution in [0.2, 0.25) is 0 Å². The van der Waals surface area contributed by atoms with Gasteiger partial charge in [0.05, 0.1) is 28.2 Å². The average molecular weight is 416 g/mol. The summed E-state index contributed by atoms with van der Waals surface area (Å²) < 4.78 is 1.53. The highest BCUT2D eigenvalue weighted by Gasteiger charge is 2.30. The van der Waals surface area contributed by atoms with Crippen molar-refractivity contribution in [2.75, 3.05) is 13.1 Å². The molecule has 2 aromatic carbocycles. The van der Waals surface area contributed by atoms with Crippen molar-refractivity contribution >= 4 is 22.7 Å². The van der Waals surface area contributed by atoms with Crippen molar-refractivity contribution in [1.82, 2.24) is 19.8 Å². The third-order valence-corrected chi connectivity index (χ3v) is 6.16. The molecule has 5 rings (SSSR count). The zero-order valence-corrected chi connectivity index (χ0v) is 17.2. The van der Waals surface area contributed by atoms with Gasteiger partial charge in [-0.1, -0.05) is 24.3 Å². The van der Waals surface area contributed by atoms with Gasteiger partial charge in [-0.05, 0) is 49.9 Å². The summed E-state index contributed by atoms with van der Waals surface area (Å²) in [7, 11) is 0. The molecule has 2 aliphatic heterocycles. The Morgan fingerprint density at radius 3 is 2.58 bits per heavy atom. The van der Waals surface area contributed by atoms with Gasteiger partial charge in [-0.15, -0.1) is 0 Å². The molecule has 0 aliphatic carbocycles. The van der Waals surface area contributed by atoms with Gasteiger partial charge in [0.15, 0.2) is 0 Å². The monoisotopic (exact) mass is 416 g/mol. The summed E-state index contributed by atoms with van der Waals surface area (Å²) in [5.41, 5.74) is 1.31. The molecule has 3 aromatic rings. The number of hydrogen-bond acceptors (Lipinski definition) is 4. The molecule has 7 nitrogen and oxygen atoms in total. The molecular weight excluding hydrogens is 392 g/mol. The minimum atomic E-state index is -0.536. The predicted octanol–water partition coefficient (Wildman–Crippen LogP) is 2.96. The maximum Gasteiger partial charge on any atom is 0.266 e. The fraction of sp³-hybridized carbons (Fsp3) is 0.333. The lowest BCUT2D eigenvalue weighted by Gasteiger charge is -2.27. The Kier molecular flexibility index (Phi) is 5.02. The quantitative estimate of drug-likeness (QED) is 0.712. The Bertz CT molecular complexity index is 1230. The van der Waals surface area contributed by atoms with Crippen LogP contribution in [0.4, 0.5) is 0 Å². The maximum atomic E-state index is 13.4. The predicted molar refractivity (Wildman–Crippen MR) is 117 cm³/mol. The SMILES string of the molecule is O=C1N[C@@H](CCC(=O)N2CCCCC2)c2nc3ccccc3c(=O)n2-c2ccccc21. The number of para-hydroxylation sites is 2. The molecule has 2 amide bonds. The van der Waals surface area contributed by atoms with Crippen LogP contribution in [0.25, 0.3) is 16.6 Å². The van der Waals surface area contributed by atoms with E-state index < -0.39 is 6.04 Å². The van der Waals surface area contributed by atoms with E-state index in [1.807, 2.05) is 11.0 Å². The summed E-state index contributed by atoms with van der Waals surface area (Å²) in [5.74, 6) is 0.291. The number of fused-ring (bicyclic) bond motifs is 4. The van der Waals surface area contributed by atoms with Crippen molar-refractivity contribution in [2.24, 2.45) is 0 Å². The molecule has 7 heteroatoms. The number of rotatable bonds is 3. The second-order valence-electron chi connectivity index (χ2n) is 8.15. The summed E-state index contributed by atoms with van der Waals surface area (Å²) >= 11 is 0. The third kappa shape index (κ3) is 3.50. The lowest BCUT2D eigenvalue weighted by Crippen LogP contribution is -2.37. The average Bonchev–Trinajstić information content (AvgIpc) is 2.93. The first-order valence-corrected chi connectivity index (χ1v) is 10.8. The minimum absolute atomic E-state index is 0.0883. The van der Waals surface area contributed by atoms with Crippen LogP contribution in [0.15, 0.2) is 53.3 Å². The van der Waals surface area contributed by atoms with Crippen LogP contribution >= 0.6 is 0 Å². The van der Waals surface area contributed by atoms with Gasteiger partial charge in [0.2, 0.25) is 5.91 Å². The van der Waals surface area contributed by atoms with Crippen molar-refractivity contribution in [3.8, 4) is 5.69 Å². The molecule has 1 N–H and O–H groups in total. The van der Waals surface area contributed by atoms with Crippen molar-refractivity contribution in [3.05, 3.63) is 70.3 Å². The smallest absolute Gasteiger partial charge is 0.266 e. The van der Waals surface area contributed by atoms with Crippen molar-refractivity contribution < 1.29 is 9.59 Å². The first-order chi connectivity index (χ1) is 15.1. The Morgan fingerprint density at radius 1 is 1.00 bits per heavy atom. The molecule has 1 aromatic heterocycles. The highest BCUT2D eigenvalue weighted by molar-refractivity contribution is 5.98. The number of carbonyl (C=O) groups is 2. The number of piperidine rings is 1. The molecule has 31 heavy (non-hydrogen) atoms. The second-order valence-corrected chi connectivity index (χ2v) is 8.15. The van der Waals surface area contributed by atoms with E-state index in [9.17, 15) is 14.4 Å². The highest BCUT2D eigenvalue weighted by Crippen LogP contribution is 2.27. The van der Waals surface area contributed by atoms with Crippen molar-refractivity contribution in [3.63, 3.8) is 0 Å². The van der Waals surface area contributed by atoms with Gasteiger partial charge in [-0.2, -0.15) is 0 Å². The third-order valence-electron chi connectivity index (χ3n) is 6.16. The number of nitrogens with zero attached hydrogens (tertiary/aromatic N) is 3. The normalized spacial score (nSPS) is 18.1. The second kappa shape index (κ2) is 7.98. The number of benzene rings is 2. The zero-order valence-electron chi connectivity index (χ0n) is 17.2. The molecule has 0 radical (unpaired) electrons. The lowest BCUT2D eigenvalue weighted by atomic mass is 10.1. The molecule has 3 heterocycles. The van der Waals surface area contributed by atoms with Crippen LogP contribution < -0.4 is 10.9 Å². The number of hydrogen-bond donors (Lipinski definition) is 1. The first kappa shape index (κ1) is 19.5. The van der Waals surface area contributed by atoms with Gasteiger partial charge in [0, 0.05) is 19.5 Å². The van der Waals surface area contributed by atoms with Gasteiger partial charge in [0.1, 0.15) is 5.82 Å². The van der Waals surface area contributed by atoms with Crippen LogP contribution in [-0.4, -0.2) is 39.4 Å². The molecule has 2 aliphatic rings. The highest BCUT2D eigenvalue weighted by atomic mass is 16.2. The Balaban J connectivity index is 1.57. The van der Waals surface area contributed by atoms with Gasteiger partial charge in [-0.25, -0.2) is 4.98 Å². The van der Waals surface area contributed by atoms with E-state index in [0.717, 1.165) is 32.4 Å². The van der Waals surface area contributed by atoms with Crippen LogP contribution in [0, 0.1) is 0 Å². The number of likely N-dealkylation sites (tertiary alicyclic amines) is 1. The van der Waals surface area contributed by atoms with E-state index in [-0.39, 0.29) is 17.4 Å². The van der Waals surface area contributed by atoms with Gasteiger partial charge < -0.3 is 10.2 Å². The van der Waals surface area contributed by atoms with E-state index in [1.54, 1.807) is 42.5 Å². The van der Waals surface area contributed by atoms with Gasteiger partial charge >= 0.3 is 0 Å². The molecule has 158 valence electrons. The first-order valence-electron chi connectivity index (χ1n) is 10.8. The topological polar surface area (TPSA) is 84.3 Å². The summed E-state index contributed by atoms with van der Waals surface area (Å²) in [6, 6.07) is 13.7. The summed E-state index contributed by atoms with van der Waals surface area (Å²) in [6.07, 6.45) is 3.91. The lowest BCUT2D eigenvalue weighted by molar-refractivity contribution is -0.132. The van der Waals surface area contributed by atoms with E-state index in [0.29, 0.717) is 40.8 Å². The molecule has 0 bridgehead atoms. The fourth-order valence-corrected chi connectivity index (χ4v) is 4.55. The molecule has 0 spiro atoms. The summed E-state index contributed by atoms with van der Waals surface area (Å²) in [5, 5.41) is 3.51. The molecule has 0 unspecified atom stereocenters. The van der Waals surface area contributed by atoms with E-state index in [2.05, 4.69) is 5.32 Å². The number of nitrogens with one attached hydrogen (secondary N) is 1. The fourth-order valence-electron chi connectivity index (χ4n) is 4.55. The van der Waals surface area contributed by atoms with E-state index >= 15 is 0 Å². The zero-order chi connectivity index (χ0) is 21.4. The van der Waals surface area contributed by atoms with Crippen LogP contribution in [0.5, 0.6) is 0 Å². The molecule has 1 fully saturated rings. The van der Waals surface area contributed by atoms with Gasteiger partial charge in [0.25, 0.3) is 11.5 Å². The minimum Gasteiger partial charge on any atom is -0.343 e. The number of carbonyl (C=O) groups excluding carboxylic acids is 2. The van der Waals surface area contributed by atoms with Crippen LogP contribution in [0.3, 0.4) is 0 Å². The molecule has 1 saturated heterocycles. The molecule has 0 saturated carbocycles. The standard InChI is InChI=1S/C24H24N4O3/c29-21(27-14-6-1-7-15-27)13-12-19-22-25-18-10-4-2-8-16(18)24(31)28(22)20-11-5-3-9-17(20)23(30)26-19/h2-5,8-11,19H,1,6-7,12-15H2,(H,26,30)/t19-/m0/s1. The van der Waals surface area contributed by atoms with Crippen molar-refractivity contribution in [1.29, 1.82) is 0 Å². The number of amides is 2. The summed E-state index contributed by atoms with van der Waals surface area (Å²) in [6.45, 7) is 1.58. The van der Waals surface area contributed by atoms with Crippen molar-refractivity contribution in [2.45, 2.75) is 38.1 Å². The van der Waals surface area contributed by atoms with Gasteiger partial charge in [-0.3, -0.25) is 19.0 Å². The molecule has 1 atom stereocenters. The van der Waals surface area contributed by atoms with Crippen LogP contribution in [-0.2, 0) is 4.79 Å².